The molecule has 3 rings (SSSR count). The number of cyclic esters (lactones) is 1. The van der Waals surface area contributed by atoms with Gasteiger partial charge in [-0.2, -0.15) is 0 Å². The Morgan fingerprint density at radius 2 is 2.12 bits per heavy atom. The van der Waals surface area contributed by atoms with Gasteiger partial charge in [0.1, 0.15) is 0 Å². The van der Waals surface area contributed by atoms with Crippen LogP contribution >= 0.6 is 0 Å². The van der Waals surface area contributed by atoms with E-state index >= 15 is 0 Å². The van der Waals surface area contributed by atoms with Crippen LogP contribution in [-0.4, -0.2) is 21.0 Å². The fraction of sp³-hybridized carbons (Fsp3) is 0. The minimum Gasteiger partial charge on any atom is -0.431 e. The summed E-state index contributed by atoms with van der Waals surface area (Å²) in [5, 5.41) is 7.75. The Morgan fingerprint density at radius 1 is 1.25 bits per heavy atom. The molecule has 0 saturated carbocycles. The molecule has 2 aromatic rings. The fourth-order valence-corrected chi connectivity index (χ4v) is 1.60. The average Bonchev–Trinajstić information content (AvgIpc) is 2.75. The Kier molecular flexibility index (Phi) is 1.83. The van der Waals surface area contributed by atoms with Gasteiger partial charge in [-0.25, -0.2) is 9.48 Å². The van der Waals surface area contributed by atoms with Gasteiger partial charge in [0, 0.05) is 6.08 Å². The molecule has 0 radical (unpaired) electrons. The van der Waals surface area contributed by atoms with Crippen molar-refractivity contribution in [3.63, 3.8) is 0 Å². The largest absolute Gasteiger partial charge is 0.431 e. The van der Waals surface area contributed by atoms with E-state index in [2.05, 4.69) is 10.3 Å². The van der Waals surface area contributed by atoms with Crippen LogP contribution in [0.2, 0.25) is 0 Å². The molecule has 1 aliphatic rings. The van der Waals surface area contributed by atoms with Crippen LogP contribution in [0.3, 0.4) is 0 Å². The minimum atomic E-state index is -0.395. The number of benzene rings is 1. The Labute approximate surface area is 91.0 Å². The number of carbonyl (C=O) groups is 1. The maximum Gasteiger partial charge on any atom is 0.345 e. The number of esters is 1. The summed E-state index contributed by atoms with van der Waals surface area (Å²) in [6, 6.07) is 7.11. The molecular weight excluding hydrogens is 206 g/mol. The number of ether oxygens (including phenoxy) is 1. The van der Waals surface area contributed by atoms with E-state index in [1.807, 2.05) is 6.07 Å². The first kappa shape index (κ1) is 8.84. The zero-order chi connectivity index (χ0) is 11.0. The van der Waals surface area contributed by atoms with Crippen molar-refractivity contribution < 1.29 is 9.53 Å². The molecule has 1 aliphatic heterocycles. The molecule has 0 aliphatic carbocycles. The second-order valence-electron chi connectivity index (χ2n) is 3.30. The van der Waals surface area contributed by atoms with Crippen LogP contribution in [-0.2, 0) is 4.74 Å². The van der Waals surface area contributed by atoms with Crippen LogP contribution in [0.1, 0.15) is 16.1 Å². The van der Waals surface area contributed by atoms with E-state index in [0.29, 0.717) is 11.3 Å². The highest BCUT2D eigenvalue weighted by molar-refractivity contribution is 5.94. The molecule has 0 bridgehead atoms. The zero-order valence-electron chi connectivity index (χ0n) is 8.20. The van der Waals surface area contributed by atoms with Crippen LogP contribution in [0.5, 0.6) is 0 Å². The first-order valence-electron chi connectivity index (χ1n) is 4.74. The summed E-state index contributed by atoms with van der Waals surface area (Å²) in [6.45, 7) is 0. The highest BCUT2D eigenvalue weighted by Gasteiger charge is 2.17. The summed E-state index contributed by atoms with van der Waals surface area (Å²) < 4.78 is 6.55. The Morgan fingerprint density at radius 3 is 3.06 bits per heavy atom. The minimum absolute atomic E-state index is 0.395. The van der Waals surface area contributed by atoms with Crippen LogP contribution in [0.15, 0.2) is 36.7 Å². The lowest BCUT2D eigenvalue weighted by Crippen LogP contribution is -2.11. The van der Waals surface area contributed by atoms with Gasteiger partial charge < -0.3 is 4.74 Å². The van der Waals surface area contributed by atoms with E-state index in [9.17, 15) is 4.79 Å². The van der Waals surface area contributed by atoms with E-state index in [1.165, 1.54) is 6.26 Å². The Hall–Kier alpha value is -2.43. The number of para-hydroxylation sites is 1. The van der Waals surface area contributed by atoms with Crippen LogP contribution in [0.25, 0.3) is 11.8 Å². The van der Waals surface area contributed by atoms with Crippen molar-refractivity contribution in [3.8, 4) is 5.69 Å². The first-order chi connectivity index (χ1) is 7.86. The fourth-order valence-electron chi connectivity index (χ4n) is 1.60. The van der Waals surface area contributed by atoms with Crippen LogP contribution in [0.4, 0.5) is 0 Å². The smallest absolute Gasteiger partial charge is 0.345 e. The number of fused-ring (bicyclic) bond motifs is 3. The molecule has 5 nitrogen and oxygen atoms in total. The number of nitrogens with zero attached hydrogens (tertiary/aromatic N) is 3. The predicted octanol–water partition coefficient (Wildman–Crippen LogP) is 1.41. The average molecular weight is 213 g/mol. The highest BCUT2D eigenvalue weighted by atomic mass is 16.5. The standard InChI is InChI=1S/C11H7N3O2/c15-11-9-3-1-2-4-10(9)14-8(5-6-16-11)7-12-13-14/h1-7H/b6-5-. The maximum atomic E-state index is 11.7. The van der Waals surface area contributed by atoms with E-state index in [-0.39, 0.29) is 0 Å². The maximum absolute atomic E-state index is 11.7. The summed E-state index contributed by atoms with van der Waals surface area (Å²) in [4.78, 5) is 11.7. The third-order valence-electron chi connectivity index (χ3n) is 2.34. The second-order valence-corrected chi connectivity index (χ2v) is 3.30. The Bertz CT molecular complexity index is 586. The molecule has 0 amide bonds. The zero-order valence-corrected chi connectivity index (χ0v) is 8.20. The summed E-state index contributed by atoms with van der Waals surface area (Å²) in [7, 11) is 0. The van der Waals surface area contributed by atoms with Crippen LogP contribution < -0.4 is 0 Å². The summed E-state index contributed by atoms with van der Waals surface area (Å²) >= 11 is 0. The normalized spacial score (nSPS) is 15.4. The van der Waals surface area contributed by atoms with Crippen molar-refractivity contribution in [1.29, 1.82) is 0 Å². The lowest BCUT2D eigenvalue weighted by atomic mass is 10.1. The van der Waals surface area contributed by atoms with Gasteiger partial charge in [-0.3, -0.25) is 0 Å². The Balaban J connectivity index is 2.32. The van der Waals surface area contributed by atoms with Crippen molar-refractivity contribution >= 4 is 12.0 Å². The van der Waals surface area contributed by atoms with E-state index < -0.39 is 5.97 Å². The monoisotopic (exact) mass is 213 g/mol. The highest BCUT2D eigenvalue weighted by Crippen LogP contribution is 2.19. The number of hydrogen-bond donors (Lipinski definition) is 0. The van der Waals surface area contributed by atoms with E-state index in [0.717, 1.165) is 5.69 Å². The topological polar surface area (TPSA) is 57.0 Å². The summed E-state index contributed by atoms with van der Waals surface area (Å²) in [6.07, 6.45) is 4.59. The second kappa shape index (κ2) is 3.30. The molecule has 16 heavy (non-hydrogen) atoms. The van der Waals surface area contributed by atoms with Crippen molar-refractivity contribution in [2.24, 2.45) is 0 Å². The molecule has 5 heteroatoms. The van der Waals surface area contributed by atoms with Gasteiger partial charge in [0.2, 0.25) is 0 Å². The summed E-state index contributed by atoms with van der Waals surface area (Å²) in [5.41, 5.74) is 1.91. The SMILES string of the molecule is O=C1O/C=C\c2cnnn2-c2ccccc21. The lowest BCUT2D eigenvalue weighted by Gasteiger charge is -2.10. The van der Waals surface area contributed by atoms with Gasteiger partial charge >= 0.3 is 5.97 Å². The molecule has 78 valence electrons. The van der Waals surface area contributed by atoms with Gasteiger partial charge in [-0.15, -0.1) is 5.10 Å². The lowest BCUT2D eigenvalue weighted by molar-refractivity contribution is 0.0664. The number of rotatable bonds is 0. The quantitative estimate of drug-likeness (QED) is 0.621. The number of hydrogen-bond acceptors (Lipinski definition) is 4. The molecule has 2 heterocycles. The van der Waals surface area contributed by atoms with Crippen molar-refractivity contribution in [2.45, 2.75) is 0 Å². The molecule has 0 spiro atoms. The molecule has 0 atom stereocenters. The molecule has 0 N–H and O–H groups in total. The van der Waals surface area contributed by atoms with Gasteiger partial charge in [0.15, 0.2) is 0 Å². The number of carbonyl (C=O) groups excluding carboxylic acids is 1. The molecule has 0 saturated heterocycles. The molecule has 1 aromatic heterocycles. The van der Waals surface area contributed by atoms with Gasteiger partial charge in [0.25, 0.3) is 0 Å². The van der Waals surface area contributed by atoms with E-state index in [4.69, 9.17) is 4.74 Å². The van der Waals surface area contributed by atoms with Gasteiger partial charge in [-0.1, -0.05) is 17.3 Å². The van der Waals surface area contributed by atoms with Gasteiger partial charge in [-0.05, 0) is 12.1 Å². The predicted molar refractivity (Wildman–Crippen MR) is 55.8 cm³/mol. The third-order valence-corrected chi connectivity index (χ3v) is 2.34. The first-order valence-corrected chi connectivity index (χ1v) is 4.74. The van der Waals surface area contributed by atoms with Crippen molar-refractivity contribution in [1.82, 2.24) is 15.0 Å². The van der Waals surface area contributed by atoms with Gasteiger partial charge in [0.05, 0.1) is 29.4 Å². The molecular formula is C11H7N3O2. The molecule has 0 fully saturated rings. The molecule has 0 unspecified atom stereocenters. The third kappa shape index (κ3) is 1.22. The van der Waals surface area contributed by atoms with Crippen molar-refractivity contribution in [2.75, 3.05) is 0 Å². The summed E-state index contributed by atoms with van der Waals surface area (Å²) in [5.74, 6) is -0.395. The number of aromatic nitrogens is 3. The molecule has 1 aromatic carbocycles. The van der Waals surface area contributed by atoms with Crippen molar-refractivity contribution in [3.05, 3.63) is 48.0 Å². The van der Waals surface area contributed by atoms with Crippen LogP contribution in [0, 0.1) is 0 Å². The van der Waals surface area contributed by atoms with E-state index in [1.54, 1.807) is 35.2 Å².